The van der Waals surface area contributed by atoms with E-state index in [0.29, 0.717) is 5.69 Å². The van der Waals surface area contributed by atoms with Gasteiger partial charge in [-0.25, -0.2) is 4.39 Å². The van der Waals surface area contributed by atoms with Gasteiger partial charge in [-0.2, -0.15) is 0 Å². The van der Waals surface area contributed by atoms with Gasteiger partial charge in [-0.15, -0.1) is 0 Å². The molecule has 2 nitrogen and oxygen atoms in total. The molecule has 20 heavy (non-hydrogen) atoms. The van der Waals surface area contributed by atoms with Crippen molar-refractivity contribution in [2.45, 2.75) is 25.9 Å². The van der Waals surface area contributed by atoms with Crippen molar-refractivity contribution in [3.05, 3.63) is 65.0 Å². The highest BCUT2D eigenvalue weighted by atomic mass is 19.1. The minimum Gasteiger partial charge on any atom is -0.364 e. The molecule has 0 saturated carbocycles. The molecule has 0 aromatic heterocycles. The molecular weight excluding hydrogens is 251 g/mol. The first-order valence-corrected chi connectivity index (χ1v) is 7.02. The Balaban J connectivity index is 1.99. The molecule has 1 unspecified atom stereocenters. The molecular formula is C17H19FN2. The molecule has 104 valence electrons. The van der Waals surface area contributed by atoms with Gasteiger partial charge in [0.05, 0.1) is 5.69 Å². The smallest absolute Gasteiger partial charge is 0.146 e. The van der Waals surface area contributed by atoms with Crippen molar-refractivity contribution in [2.24, 2.45) is 5.73 Å². The van der Waals surface area contributed by atoms with Crippen LogP contribution in [0, 0.1) is 5.82 Å². The molecule has 0 aliphatic carbocycles. The highest BCUT2D eigenvalue weighted by molar-refractivity contribution is 5.57. The number of rotatable bonds is 2. The van der Waals surface area contributed by atoms with Gasteiger partial charge in [0.2, 0.25) is 0 Å². The van der Waals surface area contributed by atoms with E-state index in [0.717, 1.165) is 25.1 Å². The van der Waals surface area contributed by atoms with E-state index in [-0.39, 0.29) is 11.9 Å². The van der Waals surface area contributed by atoms with Crippen molar-refractivity contribution in [3.8, 4) is 0 Å². The fraction of sp³-hybridized carbons (Fsp3) is 0.294. The van der Waals surface area contributed by atoms with E-state index < -0.39 is 0 Å². The van der Waals surface area contributed by atoms with Gasteiger partial charge in [-0.05, 0) is 36.1 Å². The van der Waals surface area contributed by atoms with E-state index in [1.165, 1.54) is 17.2 Å². The summed E-state index contributed by atoms with van der Waals surface area (Å²) in [6, 6.07) is 13.4. The molecule has 2 aromatic rings. The molecule has 0 amide bonds. The van der Waals surface area contributed by atoms with Crippen LogP contribution in [0.15, 0.2) is 42.5 Å². The maximum absolute atomic E-state index is 14.3. The molecule has 1 aliphatic rings. The van der Waals surface area contributed by atoms with Crippen molar-refractivity contribution in [3.63, 3.8) is 0 Å². The van der Waals surface area contributed by atoms with Crippen LogP contribution in [-0.4, -0.2) is 6.54 Å². The predicted molar refractivity (Wildman–Crippen MR) is 80.2 cm³/mol. The van der Waals surface area contributed by atoms with Crippen LogP contribution in [0.4, 0.5) is 10.1 Å². The number of para-hydroxylation sites is 1. The van der Waals surface area contributed by atoms with Gasteiger partial charge in [-0.1, -0.05) is 36.4 Å². The van der Waals surface area contributed by atoms with E-state index in [2.05, 4.69) is 23.1 Å². The van der Waals surface area contributed by atoms with Gasteiger partial charge in [-0.3, -0.25) is 0 Å². The minimum absolute atomic E-state index is 0.169. The third-order valence-electron chi connectivity index (χ3n) is 3.96. The number of halogens is 1. The van der Waals surface area contributed by atoms with Gasteiger partial charge in [0, 0.05) is 19.1 Å². The van der Waals surface area contributed by atoms with Crippen molar-refractivity contribution < 1.29 is 4.39 Å². The topological polar surface area (TPSA) is 29.3 Å². The predicted octanol–water partition coefficient (Wildman–Crippen LogP) is 3.41. The van der Waals surface area contributed by atoms with Crippen molar-refractivity contribution >= 4 is 5.69 Å². The molecule has 0 fully saturated rings. The number of nitrogens with two attached hydrogens (primary N) is 1. The van der Waals surface area contributed by atoms with E-state index in [1.807, 2.05) is 19.1 Å². The molecule has 1 atom stereocenters. The zero-order valence-corrected chi connectivity index (χ0v) is 11.6. The Hall–Kier alpha value is -1.87. The summed E-state index contributed by atoms with van der Waals surface area (Å²) in [7, 11) is 0. The number of anilines is 1. The third-order valence-corrected chi connectivity index (χ3v) is 3.96. The summed E-state index contributed by atoms with van der Waals surface area (Å²) in [5.74, 6) is -0.181. The van der Waals surface area contributed by atoms with Crippen LogP contribution >= 0.6 is 0 Å². The molecule has 0 spiro atoms. The fourth-order valence-corrected chi connectivity index (χ4v) is 2.92. The SMILES string of the molecule is CC(N)c1cccc(F)c1N1CCc2ccccc2C1. The number of fused-ring (bicyclic) bond motifs is 1. The molecule has 2 N–H and O–H groups in total. The average molecular weight is 270 g/mol. The standard InChI is InChI=1S/C17H19FN2/c1-12(19)15-7-4-8-16(18)17(15)20-10-9-13-5-2-3-6-14(13)11-20/h2-8,12H,9-11,19H2,1H3. The quantitative estimate of drug-likeness (QED) is 0.906. The third kappa shape index (κ3) is 2.29. The highest BCUT2D eigenvalue weighted by Crippen LogP contribution is 2.32. The molecule has 3 heteroatoms. The monoisotopic (exact) mass is 270 g/mol. The lowest BCUT2D eigenvalue weighted by Gasteiger charge is -2.33. The first kappa shape index (κ1) is 13.1. The summed E-state index contributed by atoms with van der Waals surface area (Å²) in [5.41, 5.74) is 10.2. The van der Waals surface area contributed by atoms with Crippen LogP contribution in [0.25, 0.3) is 0 Å². The Morgan fingerprint density at radius 1 is 1.10 bits per heavy atom. The summed E-state index contributed by atoms with van der Waals surface area (Å²) in [6.07, 6.45) is 0.947. The van der Waals surface area contributed by atoms with Gasteiger partial charge in [0.25, 0.3) is 0 Å². The Morgan fingerprint density at radius 3 is 2.60 bits per heavy atom. The summed E-state index contributed by atoms with van der Waals surface area (Å²) in [4.78, 5) is 2.11. The Morgan fingerprint density at radius 2 is 1.85 bits per heavy atom. The number of nitrogens with zero attached hydrogens (tertiary/aromatic N) is 1. The van der Waals surface area contributed by atoms with Crippen LogP contribution in [0.5, 0.6) is 0 Å². The normalized spacial score (nSPS) is 15.8. The van der Waals surface area contributed by atoms with E-state index in [4.69, 9.17) is 5.73 Å². The summed E-state index contributed by atoms with van der Waals surface area (Å²) in [6.45, 7) is 3.48. The number of hydrogen-bond donors (Lipinski definition) is 1. The maximum atomic E-state index is 14.3. The molecule has 3 rings (SSSR count). The van der Waals surface area contributed by atoms with Gasteiger partial charge in [0.1, 0.15) is 5.82 Å². The second kappa shape index (κ2) is 5.25. The summed E-state index contributed by atoms with van der Waals surface area (Å²) >= 11 is 0. The van der Waals surface area contributed by atoms with Crippen LogP contribution < -0.4 is 10.6 Å². The Bertz CT molecular complexity index is 622. The van der Waals surface area contributed by atoms with Crippen molar-refractivity contribution in [1.29, 1.82) is 0 Å². The first-order chi connectivity index (χ1) is 9.66. The maximum Gasteiger partial charge on any atom is 0.146 e. The fourth-order valence-electron chi connectivity index (χ4n) is 2.92. The Kier molecular flexibility index (Phi) is 3.45. The van der Waals surface area contributed by atoms with E-state index >= 15 is 0 Å². The molecule has 2 aromatic carbocycles. The minimum atomic E-state index is -0.181. The van der Waals surface area contributed by atoms with Gasteiger partial charge < -0.3 is 10.6 Å². The average Bonchev–Trinajstić information content (AvgIpc) is 2.46. The molecule has 0 bridgehead atoms. The molecule has 1 heterocycles. The summed E-state index contributed by atoms with van der Waals surface area (Å²) in [5, 5.41) is 0. The van der Waals surface area contributed by atoms with Crippen LogP contribution in [0.3, 0.4) is 0 Å². The molecule has 0 saturated heterocycles. The largest absolute Gasteiger partial charge is 0.364 e. The first-order valence-electron chi connectivity index (χ1n) is 7.02. The van der Waals surface area contributed by atoms with E-state index in [1.54, 1.807) is 6.07 Å². The second-order valence-electron chi connectivity index (χ2n) is 5.41. The lowest BCUT2D eigenvalue weighted by molar-refractivity contribution is 0.603. The number of benzene rings is 2. The van der Waals surface area contributed by atoms with Crippen molar-refractivity contribution in [1.82, 2.24) is 0 Å². The molecule has 0 radical (unpaired) electrons. The van der Waals surface area contributed by atoms with Crippen LogP contribution in [0.1, 0.15) is 29.7 Å². The second-order valence-corrected chi connectivity index (χ2v) is 5.41. The van der Waals surface area contributed by atoms with Crippen molar-refractivity contribution in [2.75, 3.05) is 11.4 Å². The lowest BCUT2D eigenvalue weighted by atomic mass is 9.97. The molecule has 1 aliphatic heterocycles. The van der Waals surface area contributed by atoms with Gasteiger partial charge >= 0.3 is 0 Å². The zero-order valence-electron chi connectivity index (χ0n) is 11.6. The summed E-state index contributed by atoms with van der Waals surface area (Å²) < 4.78 is 14.3. The Labute approximate surface area is 119 Å². The number of hydrogen-bond acceptors (Lipinski definition) is 2. The van der Waals surface area contributed by atoms with Gasteiger partial charge in [0.15, 0.2) is 0 Å². The van der Waals surface area contributed by atoms with Crippen LogP contribution in [-0.2, 0) is 13.0 Å². The van der Waals surface area contributed by atoms with E-state index in [9.17, 15) is 4.39 Å². The highest BCUT2D eigenvalue weighted by Gasteiger charge is 2.22. The zero-order chi connectivity index (χ0) is 14.1. The van der Waals surface area contributed by atoms with Crippen LogP contribution in [0.2, 0.25) is 0 Å². The lowest BCUT2D eigenvalue weighted by Crippen LogP contribution is -2.32.